The maximum Gasteiger partial charge on any atom is 0.401 e. The summed E-state index contributed by atoms with van der Waals surface area (Å²) in [5, 5.41) is 11.0. The van der Waals surface area contributed by atoms with E-state index in [1.807, 2.05) is 0 Å². The molecule has 0 saturated carbocycles. The number of rotatable bonds is 3. The van der Waals surface area contributed by atoms with Gasteiger partial charge in [0.05, 0.1) is 6.54 Å². The number of carbonyl (C=O) groups is 1. The standard InChI is InChI=1S/C8H12F3NO3/c9-8(10,11)5-12-7(6(13)14)1-3-15-4-2-7/h12H,1-5H2,(H,13,14). The highest BCUT2D eigenvalue weighted by Crippen LogP contribution is 2.23. The number of halogens is 3. The van der Waals surface area contributed by atoms with Crippen LogP contribution in [0.5, 0.6) is 0 Å². The van der Waals surface area contributed by atoms with Crippen molar-refractivity contribution in [3.05, 3.63) is 0 Å². The molecule has 2 N–H and O–H groups in total. The summed E-state index contributed by atoms with van der Waals surface area (Å²) in [6.45, 7) is -0.965. The smallest absolute Gasteiger partial charge is 0.401 e. The van der Waals surface area contributed by atoms with Crippen LogP contribution in [0.15, 0.2) is 0 Å². The molecule has 4 nitrogen and oxygen atoms in total. The van der Waals surface area contributed by atoms with Crippen LogP contribution in [0.2, 0.25) is 0 Å². The first-order chi connectivity index (χ1) is 6.86. The Kier molecular flexibility index (Phi) is 3.56. The minimum Gasteiger partial charge on any atom is -0.480 e. The Morgan fingerprint density at radius 1 is 1.40 bits per heavy atom. The van der Waals surface area contributed by atoms with E-state index in [0.717, 1.165) is 0 Å². The van der Waals surface area contributed by atoms with Crippen LogP contribution in [0, 0.1) is 0 Å². The summed E-state index contributed by atoms with van der Waals surface area (Å²) in [6, 6.07) is 0. The summed E-state index contributed by atoms with van der Waals surface area (Å²) in [6.07, 6.45) is -4.29. The number of carboxylic acids is 1. The van der Waals surface area contributed by atoms with Crippen molar-refractivity contribution in [2.24, 2.45) is 0 Å². The molecule has 0 aromatic rings. The van der Waals surface area contributed by atoms with E-state index in [4.69, 9.17) is 9.84 Å². The second-order valence-corrected chi connectivity index (χ2v) is 3.47. The van der Waals surface area contributed by atoms with Gasteiger partial charge in [-0.05, 0) is 12.8 Å². The van der Waals surface area contributed by atoms with Crippen molar-refractivity contribution in [2.45, 2.75) is 24.6 Å². The van der Waals surface area contributed by atoms with Crippen molar-refractivity contribution in [2.75, 3.05) is 19.8 Å². The van der Waals surface area contributed by atoms with Gasteiger partial charge >= 0.3 is 12.1 Å². The Balaban J connectivity index is 2.61. The first kappa shape index (κ1) is 12.3. The molecule has 0 bridgehead atoms. The lowest BCUT2D eigenvalue weighted by Crippen LogP contribution is -2.57. The van der Waals surface area contributed by atoms with E-state index in [1.54, 1.807) is 0 Å². The molecular weight excluding hydrogens is 215 g/mol. The van der Waals surface area contributed by atoms with Crippen molar-refractivity contribution in [3.8, 4) is 0 Å². The molecule has 15 heavy (non-hydrogen) atoms. The highest BCUT2D eigenvalue weighted by molar-refractivity contribution is 5.78. The van der Waals surface area contributed by atoms with Crippen LogP contribution >= 0.6 is 0 Å². The Morgan fingerprint density at radius 3 is 2.33 bits per heavy atom. The van der Waals surface area contributed by atoms with Crippen LogP contribution in [0.1, 0.15) is 12.8 Å². The maximum absolute atomic E-state index is 12.0. The van der Waals surface area contributed by atoms with E-state index in [9.17, 15) is 18.0 Å². The minimum absolute atomic E-state index is 0.0540. The zero-order chi connectivity index (χ0) is 11.5. The third-order valence-corrected chi connectivity index (χ3v) is 2.38. The second-order valence-electron chi connectivity index (χ2n) is 3.47. The van der Waals surface area contributed by atoms with Crippen molar-refractivity contribution >= 4 is 5.97 Å². The summed E-state index contributed by atoms with van der Waals surface area (Å²) < 4.78 is 40.8. The summed E-state index contributed by atoms with van der Waals surface area (Å²) >= 11 is 0. The second kappa shape index (κ2) is 4.36. The van der Waals surface area contributed by atoms with Gasteiger partial charge in [0.25, 0.3) is 0 Å². The van der Waals surface area contributed by atoms with E-state index in [-0.39, 0.29) is 26.1 Å². The molecule has 1 fully saturated rings. The number of hydrogen-bond acceptors (Lipinski definition) is 3. The van der Waals surface area contributed by atoms with E-state index < -0.39 is 24.2 Å². The lowest BCUT2D eigenvalue weighted by atomic mass is 9.90. The lowest BCUT2D eigenvalue weighted by Gasteiger charge is -2.34. The first-order valence-corrected chi connectivity index (χ1v) is 4.49. The maximum atomic E-state index is 12.0. The SMILES string of the molecule is O=C(O)C1(NCC(F)(F)F)CCOCC1. The zero-order valence-electron chi connectivity index (χ0n) is 7.93. The topological polar surface area (TPSA) is 58.6 Å². The molecule has 88 valence electrons. The van der Waals surface area contributed by atoms with Crippen LogP contribution in [0.4, 0.5) is 13.2 Å². The monoisotopic (exact) mass is 227 g/mol. The van der Waals surface area contributed by atoms with E-state index in [2.05, 4.69) is 5.32 Å². The predicted octanol–water partition coefficient (Wildman–Crippen LogP) is 0.772. The normalized spacial score (nSPS) is 21.3. The molecule has 0 aliphatic carbocycles. The molecule has 7 heteroatoms. The van der Waals surface area contributed by atoms with Crippen molar-refractivity contribution in [1.29, 1.82) is 0 Å². The molecule has 0 atom stereocenters. The summed E-state index contributed by atoms with van der Waals surface area (Å²) in [7, 11) is 0. The number of nitrogens with one attached hydrogen (secondary N) is 1. The fourth-order valence-electron chi connectivity index (χ4n) is 1.46. The summed E-state index contributed by atoms with van der Waals surface area (Å²) in [5.41, 5.74) is -1.49. The number of alkyl halides is 3. The molecule has 0 radical (unpaired) electrons. The Morgan fingerprint density at radius 2 is 1.93 bits per heavy atom. The average Bonchev–Trinajstić information content (AvgIpc) is 2.15. The van der Waals surface area contributed by atoms with Gasteiger partial charge in [-0.1, -0.05) is 0 Å². The number of aliphatic carboxylic acids is 1. The molecule has 1 aliphatic heterocycles. The Hall–Kier alpha value is -0.820. The average molecular weight is 227 g/mol. The van der Waals surface area contributed by atoms with Crippen LogP contribution in [0.25, 0.3) is 0 Å². The third kappa shape index (κ3) is 3.35. The molecule has 1 aliphatic rings. The van der Waals surface area contributed by atoms with Crippen molar-refractivity contribution < 1.29 is 27.8 Å². The lowest BCUT2D eigenvalue weighted by molar-refractivity contribution is -0.155. The van der Waals surface area contributed by atoms with Crippen LogP contribution in [-0.4, -0.2) is 42.5 Å². The number of hydrogen-bond donors (Lipinski definition) is 2. The van der Waals surface area contributed by atoms with Crippen LogP contribution in [-0.2, 0) is 9.53 Å². The fraction of sp³-hybridized carbons (Fsp3) is 0.875. The van der Waals surface area contributed by atoms with Gasteiger partial charge in [0, 0.05) is 13.2 Å². The summed E-state index contributed by atoms with van der Waals surface area (Å²) in [5.74, 6) is -1.25. The molecule has 1 rings (SSSR count). The highest BCUT2D eigenvalue weighted by Gasteiger charge is 2.42. The largest absolute Gasteiger partial charge is 0.480 e. The molecule has 0 spiro atoms. The molecule has 0 amide bonds. The molecule has 0 unspecified atom stereocenters. The van der Waals surface area contributed by atoms with Crippen molar-refractivity contribution in [1.82, 2.24) is 5.32 Å². The number of carboxylic acid groups (broad SMARTS) is 1. The van der Waals surface area contributed by atoms with E-state index >= 15 is 0 Å². The van der Waals surface area contributed by atoms with Gasteiger partial charge in [0.1, 0.15) is 5.54 Å². The first-order valence-electron chi connectivity index (χ1n) is 4.49. The molecule has 0 aromatic carbocycles. The van der Waals surface area contributed by atoms with Gasteiger partial charge in [0.15, 0.2) is 0 Å². The number of ether oxygens (including phenoxy) is 1. The highest BCUT2D eigenvalue weighted by atomic mass is 19.4. The van der Waals surface area contributed by atoms with Gasteiger partial charge in [0.2, 0.25) is 0 Å². The van der Waals surface area contributed by atoms with Crippen molar-refractivity contribution in [3.63, 3.8) is 0 Å². The zero-order valence-corrected chi connectivity index (χ0v) is 7.93. The predicted molar refractivity (Wildman–Crippen MR) is 44.5 cm³/mol. The van der Waals surface area contributed by atoms with Gasteiger partial charge in [-0.2, -0.15) is 13.2 Å². The van der Waals surface area contributed by atoms with E-state index in [1.165, 1.54) is 0 Å². The van der Waals surface area contributed by atoms with Gasteiger partial charge in [-0.15, -0.1) is 0 Å². The molecule has 1 heterocycles. The van der Waals surface area contributed by atoms with Gasteiger partial charge < -0.3 is 9.84 Å². The van der Waals surface area contributed by atoms with Gasteiger partial charge in [-0.3, -0.25) is 10.1 Å². The quantitative estimate of drug-likeness (QED) is 0.747. The molecule has 0 aromatic heterocycles. The van der Waals surface area contributed by atoms with Crippen LogP contribution < -0.4 is 5.32 Å². The molecular formula is C8H12F3NO3. The molecule has 1 saturated heterocycles. The third-order valence-electron chi connectivity index (χ3n) is 2.38. The van der Waals surface area contributed by atoms with E-state index in [0.29, 0.717) is 0 Å². The Bertz CT molecular complexity index is 236. The van der Waals surface area contributed by atoms with Crippen LogP contribution in [0.3, 0.4) is 0 Å². The fourth-order valence-corrected chi connectivity index (χ4v) is 1.46. The summed E-state index contributed by atoms with van der Waals surface area (Å²) in [4.78, 5) is 10.9. The Labute approximate surface area is 84.4 Å². The minimum atomic E-state index is -4.40. The van der Waals surface area contributed by atoms with Gasteiger partial charge in [-0.25, -0.2) is 0 Å².